The van der Waals surface area contributed by atoms with E-state index in [1.807, 2.05) is 23.1 Å². The van der Waals surface area contributed by atoms with E-state index in [9.17, 15) is 0 Å². The van der Waals surface area contributed by atoms with Crippen molar-refractivity contribution in [3.63, 3.8) is 0 Å². The molecule has 2 heterocycles. The highest BCUT2D eigenvalue weighted by molar-refractivity contribution is 8.00. The summed E-state index contributed by atoms with van der Waals surface area (Å²) in [6, 6.07) is 2.25. The third-order valence-corrected chi connectivity index (χ3v) is 4.20. The van der Waals surface area contributed by atoms with Crippen molar-refractivity contribution in [2.75, 3.05) is 0 Å². The van der Waals surface area contributed by atoms with Crippen molar-refractivity contribution in [1.82, 2.24) is 0 Å². The number of fused-ring (bicyclic) bond motifs is 1. The molecule has 0 spiro atoms. The summed E-state index contributed by atoms with van der Waals surface area (Å²) in [6.07, 6.45) is 2.67. The highest BCUT2D eigenvalue weighted by Gasteiger charge is 2.15. The molecule has 1 aliphatic heterocycles. The zero-order chi connectivity index (χ0) is 6.97. The summed E-state index contributed by atoms with van der Waals surface area (Å²) in [7, 11) is 0. The number of hydrogen-bond acceptors (Lipinski definition) is 2. The lowest BCUT2D eigenvalue weighted by atomic mass is 10.2. The minimum Gasteiger partial charge on any atom is -0.148 e. The minimum absolute atomic E-state index is 0.835. The minimum atomic E-state index is 0.835. The Morgan fingerprint density at radius 2 is 2.50 bits per heavy atom. The summed E-state index contributed by atoms with van der Waals surface area (Å²) in [4.78, 5) is 3.13. The standard InChI is InChI=1S/C8H10S2/c1-6-2-3-7-8(10-6)4-5-9-7/h4-6H,2-3H2,1H3. The highest BCUT2D eigenvalue weighted by atomic mass is 32.2. The summed E-state index contributed by atoms with van der Waals surface area (Å²) in [6.45, 7) is 2.31. The molecule has 0 aromatic carbocycles. The molecule has 0 saturated heterocycles. The molecule has 54 valence electrons. The molecule has 0 N–H and O–H groups in total. The van der Waals surface area contributed by atoms with Gasteiger partial charge in [-0.2, -0.15) is 0 Å². The molecule has 1 aromatic heterocycles. The van der Waals surface area contributed by atoms with Crippen LogP contribution >= 0.6 is 23.1 Å². The van der Waals surface area contributed by atoms with Gasteiger partial charge in [0.25, 0.3) is 0 Å². The number of aryl methyl sites for hydroxylation is 1. The fraction of sp³-hybridized carbons (Fsp3) is 0.500. The van der Waals surface area contributed by atoms with E-state index < -0.39 is 0 Å². The van der Waals surface area contributed by atoms with Gasteiger partial charge in [0.1, 0.15) is 0 Å². The molecule has 1 aliphatic rings. The van der Waals surface area contributed by atoms with Crippen LogP contribution in [0.4, 0.5) is 0 Å². The zero-order valence-corrected chi connectivity index (χ0v) is 7.60. The van der Waals surface area contributed by atoms with E-state index in [0.29, 0.717) is 0 Å². The lowest BCUT2D eigenvalue weighted by Crippen LogP contribution is -2.03. The van der Waals surface area contributed by atoms with E-state index in [1.54, 1.807) is 4.88 Å². The van der Waals surface area contributed by atoms with Crippen molar-refractivity contribution < 1.29 is 0 Å². The van der Waals surface area contributed by atoms with Crippen LogP contribution in [0.3, 0.4) is 0 Å². The first kappa shape index (κ1) is 6.74. The molecule has 0 saturated carbocycles. The molecule has 0 fully saturated rings. The zero-order valence-electron chi connectivity index (χ0n) is 5.96. The van der Waals surface area contributed by atoms with E-state index in [1.165, 1.54) is 17.7 Å². The van der Waals surface area contributed by atoms with Gasteiger partial charge in [-0.05, 0) is 24.3 Å². The number of hydrogen-bond donors (Lipinski definition) is 0. The molecule has 0 radical (unpaired) electrons. The van der Waals surface area contributed by atoms with Gasteiger partial charge in [0.2, 0.25) is 0 Å². The Hall–Kier alpha value is 0.0500. The van der Waals surface area contributed by atoms with Crippen molar-refractivity contribution >= 4 is 23.1 Å². The average molecular weight is 170 g/mol. The fourth-order valence-corrected chi connectivity index (χ4v) is 3.44. The quantitative estimate of drug-likeness (QED) is 0.576. The van der Waals surface area contributed by atoms with Gasteiger partial charge in [0.15, 0.2) is 0 Å². The second-order valence-corrected chi connectivity index (χ2v) is 5.16. The lowest BCUT2D eigenvalue weighted by molar-refractivity contribution is 0.794. The predicted octanol–water partition coefficient (Wildman–Crippen LogP) is 3.17. The van der Waals surface area contributed by atoms with Crippen molar-refractivity contribution in [3.05, 3.63) is 16.3 Å². The van der Waals surface area contributed by atoms with Crippen LogP contribution in [-0.4, -0.2) is 5.25 Å². The molecule has 0 amide bonds. The molecule has 2 heteroatoms. The molecular weight excluding hydrogens is 160 g/mol. The highest BCUT2D eigenvalue weighted by Crippen LogP contribution is 2.37. The molecule has 10 heavy (non-hydrogen) atoms. The van der Waals surface area contributed by atoms with Gasteiger partial charge in [-0.25, -0.2) is 0 Å². The summed E-state index contributed by atoms with van der Waals surface area (Å²) in [5, 5.41) is 3.04. The maximum Gasteiger partial charge on any atom is 0.0214 e. The molecule has 1 aromatic rings. The van der Waals surface area contributed by atoms with E-state index in [-0.39, 0.29) is 0 Å². The summed E-state index contributed by atoms with van der Waals surface area (Å²) in [5.41, 5.74) is 0. The second kappa shape index (κ2) is 2.59. The normalized spacial score (nSPS) is 24.3. The van der Waals surface area contributed by atoms with Crippen molar-refractivity contribution in [3.8, 4) is 0 Å². The van der Waals surface area contributed by atoms with Crippen LogP contribution in [0.2, 0.25) is 0 Å². The van der Waals surface area contributed by atoms with Crippen LogP contribution in [0.1, 0.15) is 18.2 Å². The summed E-state index contributed by atoms with van der Waals surface area (Å²) < 4.78 is 0. The third-order valence-electron chi connectivity index (χ3n) is 1.81. The van der Waals surface area contributed by atoms with Crippen LogP contribution in [0.15, 0.2) is 16.3 Å². The van der Waals surface area contributed by atoms with Crippen LogP contribution in [0.25, 0.3) is 0 Å². The van der Waals surface area contributed by atoms with E-state index in [2.05, 4.69) is 18.4 Å². The van der Waals surface area contributed by atoms with Crippen LogP contribution < -0.4 is 0 Å². The Bertz CT molecular complexity index is 227. The van der Waals surface area contributed by atoms with Gasteiger partial charge in [0.05, 0.1) is 0 Å². The molecular formula is C8H10S2. The SMILES string of the molecule is CC1CCc2sccc2S1. The first-order chi connectivity index (χ1) is 4.86. The maximum absolute atomic E-state index is 2.31. The molecule has 1 unspecified atom stereocenters. The first-order valence-corrected chi connectivity index (χ1v) is 5.35. The maximum atomic E-state index is 2.31. The van der Waals surface area contributed by atoms with Crippen molar-refractivity contribution in [1.29, 1.82) is 0 Å². The lowest BCUT2D eigenvalue weighted by Gasteiger charge is -2.16. The summed E-state index contributed by atoms with van der Waals surface area (Å²) >= 11 is 3.94. The van der Waals surface area contributed by atoms with Crippen LogP contribution in [-0.2, 0) is 6.42 Å². The first-order valence-electron chi connectivity index (χ1n) is 3.59. The number of thiophene rings is 1. The van der Waals surface area contributed by atoms with Gasteiger partial charge >= 0.3 is 0 Å². The van der Waals surface area contributed by atoms with Gasteiger partial charge in [-0.15, -0.1) is 23.1 Å². The van der Waals surface area contributed by atoms with Gasteiger partial charge in [-0.1, -0.05) is 6.92 Å². The van der Waals surface area contributed by atoms with E-state index in [0.717, 1.165) is 5.25 Å². The van der Waals surface area contributed by atoms with Crippen molar-refractivity contribution in [2.45, 2.75) is 29.9 Å². The Morgan fingerprint density at radius 3 is 3.40 bits per heavy atom. The fourth-order valence-electron chi connectivity index (χ4n) is 1.23. The molecule has 0 bridgehead atoms. The van der Waals surface area contributed by atoms with Crippen LogP contribution in [0.5, 0.6) is 0 Å². The smallest absolute Gasteiger partial charge is 0.0214 e. The summed E-state index contributed by atoms with van der Waals surface area (Å²) in [5.74, 6) is 0. The second-order valence-electron chi connectivity index (χ2n) is 2.68. The van der Waals surface area contributed by atoms with Gasteiger partial charge < -0.3 is 0 Å². The van der Waals surface area contributed by atoms with E-state index >= 15 is 0 Å². The average Bonchev–Trinajstić information content (AvgIpc) is 2.33. The molecule has 1 atom stereocenters. The monoisotopic (exact) mass is 170 g/mol. The molecule has 2 rings (SSSR count). The molecule has 0 nitrogen and oxygen atoms in total. The topological polar surface area (TPSA) is 0 Å². The predicted molar refractivity (Wildman–Crippen MR) is 48.0 cm³/mol. The number of rotatable bonds is 0. The Kier molecular flexibility index (Phi) is 1.75. The van der Waals surface area contributed by atoms with Gasteiger partial charge in [0, 0.05) is 15.0 Å². The van der Waals surface area contributed by atoms with Crippen molar-refractivity contribution in [2.24, 2.45) is 0 Å². The Morgan fingerprint density at radius 1 is 1.60 bits per heavy atom. The Balaban J connectivity index is 2.30. The van der Waals surface area contributed by atoms with Gasteiger partial charge in [-0.3, -0.25) is 0 Å². The third kappa shape index (κ3) is 1.10. The van der Waals surface area contributed by atoms with Crippen LogP contribution in [0, 0.1) is 0 Å². The largest absolute Gasteiger partial charge is 0.148 e. The molecule has 0 aliphatic carbocycles. The Labute approximate surface area is 69.6 Å². The van der Waals surface area contributed by atoms with E-state index in [4.69, 9.17) is 0 Å². The number of thioether (sulfide) groups is 1.